The Labute approximate surface area is 164 Å². The molecule has 1 aromatic carbocycles. The van der Waals surface area contributed by atoms with E-state index in [9.17, 15) is 0 Å². The van der Waals surface area contributed by atoms with Gasteiger partial charge in [-0.05, 0) is 88.3 Å². The summed E-state index contributed by atoms with van der Waals surface area (Å²) in [5.74, 6) is 1.42. The predicted octanol–water partition coefficient (Wildman–Crippen LogP) is 4.16. The van der Waals surface area contributed by atoms with Crippen LogP contribution in [0.25, 0.3) is 0 Å². The van der Waals surface area contributed by atoms with E-state index >= 15 is 0 Å². The summed E-state index contributed by atoms with van der Waals surface area (Å²) < 4.78 is 0. The number of aliphatic imine (C=N–C) groups is 1. The Morgan fingerprint density at radius 1 is 1.17 bits per heavy atom. The highest BCUT2D eigenvalue weighted by Crippen LogP contribution is 2.16. The summed E-state index contributed by atoms with van der Waals surface area (Å²) >= 11 is 0. The molecular formula is C19H33IN4. The van der Waals surface area contributed by atoms with Gasteiger partial charge in [-0.3, -0.25) is 4.99 Å². The summed E-state index contributed by atoms with van der Waals surface area (Å²) in [7, 11) is 0. The Balaban J connectivity index is 0.00000288. The van der Waals surface area contributed by atoms with E-state index in [4.69, 9.17) is 5.73 Å². The van der Waals surface area contributed by atoms with Crippen molar-refractivity contribution in [3.8, 4) is 0 Å². The van der Waals surface area contributed by atoms with Gasteiger partial charge in [0.15, 0.2) is 5.96 Å². The second-order valence-electron chi connectivity index (χ2n) is 7.00. The highest BCUT2D eigenvalue weighted by atomic mass is 127. The van der Waals surface area contributed by atoms with Crippen molar-refractivity contribution < 1.29 is 0 Å². The van der Waals surface area contributed by atoms with Gasteiger partial charge in [-0.25, -0.2) is 0 Å². The monoisotopic (exact) mass is 444 g/mol. The van der Waals surface area contributed by atoms with Gasteiger partial charge in [0.05, 0.1) is 0 Å². The number of nitrogens with two attached hydrogens (primary N) is 1. The van der Waals surface area contributed by atoms with Gasteiger partial charge in [0.1, 0.15) is 0 Å². The van der Waals surface area contributed by atoms with Crippen LogP contribution in [0.3, 0.4) is 0 Å². The minimum absolute atomic E-state index is 0. The van der Waals surface area contributed by atoms with Crippen molar-refractivity contribution in [2.45, 2.75) is 46.5 Å². The lowest BCUT2D eigenvalue weighted by Crippen LogP contribution is -2.33. The van der Waals surface area contributed by atoms with Crippen LogP contribution in [0.15, 0.2) is 23.2 Å². The molecular weight excluding hydrogens is 411 g/mol. The fourth-order valence-corrected chi connectivity index (χ4v) is 3.17. The maximum Gasteiger partial charge on any atom is 0.193 e. The molecule has 0 bridgehead atoms. The van der Waals surface area contributed by atoms with Crippen LogP contribution < -0.4 is 11.1 Å². The summed E-state index contributed by atoms with van der Waals surface area (Å²) in [4.78, 5) is 7.02. The molecule has 136 valence electrons. The summed E-state index contributed by atoms with van der Waals surface area (Å²) in [6, 6.07) is 6.33. The zero-order valence-corrected chi connectivity index (χ0v) is 17.7. The molecule has 2 rings (SSSR count). The van der Waals surface area contributed by atoms with Crippen LogP contribution in [-0.4, -0.2) is 37.0 Å². The quantitative estimate of drug-likeness (QED) is 0.300. The Morgan fingerprint density at radius 2 is 1.79 bits per heavy atom. The number of unbranched alkanes of at least 4 members (excludes halogenated alkanes) is 1. The molecule has 0 amide bonds. The molecule has 1 aliphatic rings. The number of anilines is 1. The van der Waals surface area contributed by atoms with E-state index in [1.165, 1.54) is 50.0 Å². The number of nitrogens with zero attached hydrogens (tertiary/aromatic N) is 2. The summed E-state index contributed by atoms with van der Waals surface area (Å²) in [5.41, 5.74) is 9.46. The molecule has 0 saturated carbocycles. The SMILES string of the molecule is Cc1cc(C)cc(NC(N)=NCCCCN2CCC(C)CC2)c1.I. The van der Waals surface area contributed by atoms with Gasteiger partial charge in [-0.2, -0.15) is 0 Å². The standard InChI is InChI=1S/C19H32N4.HI/c1-15-6-10-23(11-7-15)9-5-4-8-21-19(20)22-18-13-16(2)12-17(3)14-18;/h12-15H,4-11H2,1-3H3,(H3,20,21,22);1H. The number of aryl methyl sites for hydroxylation is 2. The first kappa shape index (κ1) is 21.2. The van der Waals surface area contributed by atoms with Gasteiger partial charge < -0.3 is 16.0 Å². The third-order valence-electron chi connectivity index (χ3n) is 4.53. The zero-order valence-electron chi connectivity index (χ0n) is 15.3. The summed E-state index contributed by atoms with van der Waals surface area (Å²) in [6.07, 6.45) is 5.01. The van der Waals surface area contributed by atoms with Crippen molar-refractivity contribution >= 4 is 35.6 Å². The van der Waals surface area contributed by atoms with Crippen LogP contribution in [0, 0.1) is 19.8 Å². The van der Waals surface area contributed by atoms with Crippen LogP contribution in [0.4, 0.5) is 5.69 Å². The number of guanidine groups is 1. The minimum Gasteiger partial charge on any atom is -0.370 e. The van der Waals surface area contributed by atoms with Crippen LogP contribution in [-0.2, 0) is 0 Å². The third kappa shape index (κ3) is 7.83. The lowest BCUT2D eigenvalue weighted by atomic mass is 9.99. The Hall–Kier alpha value is -0.820. The van der Waals surface area contributed by atoms with Gasteiger partial charge in [0.25, 0.3) is 0 Å². The lowest BCUT2D eigenvalue weighted by molar-refractivity contribution is 0.190. The fourth-order valence-electron chi connectivity index (χ4n) is 3.17. The van der Waals surface area contributed by atoms with Crippen molar-refractivity contribution in [3.05, 3.63) is 29.3 Å². The fraction of sp³-hybridized carbons (Fsp3) is 0.632. The molecule has 1 fully saturated rings. The molecule has 0 spiro atoms. The van der Waals surface area contributed by atoms with Crippen molar-refractivity contribution in [2.24, 2.45) is 16.6 Å². The van der Waals surface area contributed by atoms with Crippen molar-refractivity contribution in [1.29, 1.82) is 0 Å². The second kappa shape index (κ2) is 10.9. The van der Waals surface area contributed by atoms with Crippen LogP contribution in [0.2, 0.25) is 0 Å². The number of likely N-dealkylation sites (tertiary alicyclic amines) is 1. The first-order valence-corrected chi connectivity index (χ1v) is 8.90. The number of halogens is 1. The second-order valence-corrected chi connectivity index (χ2v) is 7.00. The molecule has 0 aliphatic carbocycles. The number of rotatable bonds is 6. The molecule has 3 N–H and O–H groups in total. The molecule has 1 saturated heterocycles. The van der Waals surface area contributed by atoms with E-state index in [0.717, 1.165) is 24.6 Å². The number of piperidine rings is 1. The largest absolute Gasteiger partial charge is 0.370 e. The number of nitrogens with one attached hydrogen (secondary N) is 1. The molecule has 0 aromatic heterocycles. The van der Waals surface area contributed by atoms with Crippen molar-refractivity contribution in [1.82, 2.24) is 4.90 Å². The van der Waals surface area contributed by atoms with E-state index in [-0.39, 0.29) is 24.0 Å². The Bertz CT molecular complexity index is 502. The number of hydrogen-bond donors (Lipinski definition) is 2. The van der Waals surface area contributed by atoms with Gasteiger partial charge in [0, 0.05) is 12.2 Å². The van der Waals surface area contributed by atoms with Crippen LogP contribution >= 0.6 is 24.0 Å². The maximum atomic E-state index is 5.97. The molecule has 1 aliphatic heterocycles. The average Bonchev–Trinajstić information content (AvgIpc) is 2.47. The molecule has 4 nitrogen and oxygen atoms in total. The first-order chi connectivity index (χ1) is 11.0. The van der Waals surface area contributed by atoms with Crippen molar-refractivity contribution in [3.63, 3.8) is 0 Å². The number of hydrogen-bond acceptors (Lipinski definition) is 2. The molecule has 0 radical (unpaired) electrons. The maximum absolute atomic E-state index is 5.97. The van der Waals surface area contributed by atoms with Crippen LogP contribution in [0.1, 0.15) is 43.7 Å². The molecule has 1 heterocycles. The van der Waals surface area contributed by atoms with Gasteiger partial charge in [0.2, 0.25) is 0 Å². The smallest absolute Gasteiger partial charge is 0.193 e. The minimum atomic E-state index is 0. The average molecular weight is 444 g/mol. The molecule has 5 heteroatoms. The van der Waals surface area contributed by atoms with E-state index in [0.29, 0.717) is 5.96 Å². The lowest BCUT2D eigenvalue weighted by Gasteiger charge is -2.30. The predicted molar refractivity (Wildman–Crippen MR) is 116 cm³/mol. The summed E-state index contributed by atoms with van der Waals surface area (Å²) in [6.45, 7) is 11.1. The van der Waals surface area contributed by atoms with Crippen LogP contribution in [0.5, 0.6) is 0 Å². The van der Waals surface area contributed by atoms with E-state index in [1.54, 1.807) is 0 Å². The molecule has 24 heavy (non-hydrogen) atoms. The van der Waals surface area contributed by atoms with E-state index < -0.39 is 0 Å². The Morgan fingerprint density at radius 3 is 2.42 bits per heavy atom. The number of benzene rings is 1. The van der Waals surface area contributed by atoms with E-state index in [2.05, 4.69) is 54.2 Å². The first-order valence-electron chi connectivity index (χ1n) is 8.90. The van der Waals surface area contributed by atoms with Crippen molar-refractivity contribution in [2.75, 3.05) is 31.5 Å². The molecule has 1 aromatic rings. The third-order valence-corrected chi connectivity index (χ3v) is 4.53. The Kier molecular flexibility index (Phi) is 9.66. The summed E-state index contributed by atoms with van der Waals surface area (Å²) in [5, 5.41) is 3.19. The van der Waals surface area contributed by atoms with E-state index in [1.807, 2.05) is 0 Å². The molecule has 0 atom stereocenters. The van der Waals surface area contributed by atoms with Gasteiger partial charge in [-0.15, -0.1) is 24.0 Å². The van der Waals surface area contributed by atoms with Gasteiger partial charge in [-0.1, -0.05) is 13.0 Å². The topological polar surface area (TPSA) is 53.6 Å². The highest BCUT2D eigenvalue weighted by Gasteiger charge is 2.14. The highest BCUT2D eigenvalue weighted by molar-refractivity contribution is 14.0. The van der Waals surface area contributed by atoms with Gasteiger partial charge >= 0.3 is 0 Å². The normalized spacial score (nSPS) is 16.7. The zero-order chi connectivity index (χ0) is 16.7. The molecule has 0 unspecified atom stereocenters.